The van der Waals surface area contributed by atoms with E-state index in [0.717, 1.165) is 35.2 Å². The van der Waals surface area contributed by atoms with E-state index in [9.17, 15) is 0 Å². The van der Waals surface area contributed by atoms with Gasteiger partial charge in [-0.1, -0.05) is 27.5 Å². The molecule has 0 amide bonds. The zero-order valence-electron chi connectivity index (χ0n) is 9.10. The lowest BCUT2D eigenvalue weighted by atomic mass is 10.2. The van der Waals surface area contributed by atoms with Crippen LogP contribution in [0.15, 0.2) is 22.7 Å². The van der Waals surface area contributed by atoms with Gasteiger partial charge in [-0.2, -0.15) is 0 Å². The maximum Gasteiger partial charge on any atom is 0.0420 e. The van der Waals surface area contributed by atoms with Crippen LogP contribution in [0, 0.1) is 0 Å². The monoisotopic (exact) mass is 302 g/mol. The summed E-state index contributed by atoms with van der Waals surface area (Å²) in [5.41, 5.74) is 1.21. The van der Waals surface area contributed by atoms with Gasteiger partial charge in [0.25, 0.3) is 0 Å². The van der Waals surface area contributed by atoms with Crippen LogP contribution < -0.4 is 10.6 Å². The van der Waals surface area contributed by atoms with Crippen LogP contribution in [0.2, 0.25) is 5.02 Å². The molecule has 1 fully saturated rings. The SMILES string of the molecule is Clc1cc(Br)cc(CNCCNC2CC2)c1. The molecular weight excluding hydrogens is 288 g/mol. The van der Waals surface area contributed by atoms with Gasteiger partial charge >= 0.3 is 0 Å². The summed E-state index contributed by atoms with van der Waals surface area (Å²) in [5.74, 6) is 0. The molecule has 2 rings (SSSR count). The van der Waals surface area contributed by atoms with E-state index in [1.807, 2.05) is 12.1 Å². The maximum absolute atomic E-state index is 5.97. The van der Waals surface area contributed by atoms with E-state index in [-0.39, 0.29) is 0 Å². The van der Waals surface area contributed by atoms with Crippen molar-refractivity contribution in [2.24, 2.45) is 0 Å². The number of nitrogens with one attached hydrogen (secondary N) is 2. The molecule has 2 N–H and O–H groups in total. The van der Waals surface area contributed by atoms with Crippen LogP contribution in [0.3, 0.4) is 0 Å². The molecule has 0 spiro atoms. The highest BCUT2D eigenvalue weighted by Gasteiger charge is 2.19. The van der Waals surface area contributed by atoms with E-state index >= 15 is 0 Å². The van der Waals surface area contributed by atoms with Gasteiger partial charge in [-0.05, 0) is 36.6 Å². The Morgan fingerprint density at radius 3 is 2.75 bits per heavy atom. The molecule has 88 valence electrons. The Balaban J connectivity index is 1.67. The molecule has 16 heavy (non-hydrogen) atoms. The highest BCUT2D eigenvalue weighted by molar-refractivity contribution is 9.10. The highest BCUT2D eigenvalue weighted by Crippen LogP contribution is 2.19. The van der Waals surface area contributed by atoms with Crippen LogP contribution in [0.1, 0.15) is 18.4 Å². The number of hydrogen-bond acceptors (Lipinski definition) is 2. The molecule has 1 aliphatic rings. The summed E-state index contributed by atoms with van der Waals surface area (Å²) in [4.78, 5) is 0. The van der Waals surface area contributed by atoms with E-state index in [4.69, 9.17) is 11.6 Å². The molecule has 1 aromatic rings. The van der Waals surface area contributed by atoms with Gasteiger partial charge in [0.1, 0.15) is 0 Å². The van der Waals surface area contributed by atoms with Crippen LogP contribution in [-0.2, 0) is 6.54 Å². The minimum absolute atomic E-state index is 0.780. The molecule has 0 atom stereocenters. The topological polar surface area (TPSA) is 24.1 Å². The average molecular weight is 304 g/mol. The summed E-state index contributed by atoms with van der Waals surface area (Å²) in [6.07, 6.45) is 2.70. The predicted molar refractivity (Wildman–Crippen MR) is 71.9 cm³/mol. The second-order valence-electron chi connectivity index (χ2n) is 4.18. The van der Waals surface area contributed by atoms with Crippen molar-refractivity contribution < 1.29 is 0 Å². The summed E-state index contributed by atoms with van der Waals surface area (Å²) in [6.45, 7) is 2.92. The van der Waals surface area contributed by atoms with Crippen molar-refractivity contribution in [3.8, 4) is 0 Å². The number of hydrogen-bond donors (Lipinski definition) is 2. The third kappa shape index (κ3) is 4.42. The van der Waals surface area contributed by atoms with Gasteiger partial charge < -0.3 is 10.6 Å². The largest absolute Gasteiger partial charge is 0.313 e. The fourth-order valence-electron chi connectivity index (χ4n) is 1.60. The quantitative estimate of drug-likeness (QED) is 0.790. The molecule has 0 bridgehead atoms. The highest BCUT2D eigenvalue weighted by atomic mass is 79.9. The average Bonchev–Trinajstić information content (AvgIpc) is 2.99. The minimum Gasteiger partial charge on any atom is -0.313 e. The lowest BCUT2D eigenvalue weighted by molar-refractivity contribution is 0.608. The van der Waals surface area contributed by atoms with Crippen molar-refractivity contribution in [2.75, 3.05) is 13.1 Å². The summed E-state index contributed by atoms with van der Waals surface area (Å²) in [7, 11) is 0. The van der Waals surface area contributed by atoms with Crippen LogP contribution in [0.5, 0.6) is 0 Å². The Labute approximate surface area is 110 Å². The molecule has 1 saturated carbocycles. The van der Waals surface area contributed by atoms with Gasteiger partial charge in [-0.25, -0.2) is 0 Å². The van der Waals surface area contributed by atoms with Crippen molar-refractivity contribution in [1.29, 1.82) is 0 Å². The fraction of sp³-hybridized carbons (Fsp3) is 0.500. The van der Waals surface area contributed by atoms with E-state index in [1.165, 1.54) is 18.4 Å². The van der Waals surface area contributed by atoms with Crippen LogP contribution in [0.4, 0.5) is 0 Å². The van der Waals surface area contributed by atoms with Crippen molar-refractivity contribution in [3.05, 3.63) is 33.3 Å². The number of rotatable bonds is 6. The van der Waals surface area contributed by atoms with Crippen molar-refractivity contribution >= 4 is 27.5 Å². The molecule has 0 aromatic heterocycles. The zero-order valence-corrected chi connectivity index (χ0v) is 11.4. The lowest BCUT2D eigenvalue weighted by Gasteiger charge is -2.06. The van der Waals surface area contributed by atoms with Gasteiger partial charge in [0.05, 0.1) is 0 Å². The van der Waals surface area contributed by atoms with Crippen LogP contribution in [-0.4, -0.2) is 19.1 Å². The molecule has 4 heteroatoms. The maximum atomic E-state index is 5.97. The summed E-state index contributed by atoms with van der Waals surface area (Å²) < 4.78 is 1.04. The molecule has 0 radical (unpaired) electrons. The zero-order chi connectivity index (χ0) is 11.4. The molecule has 1 aromatic carbocycles. The Morgan fingerprint density at radius 2 is 2.06 bits per heavy atom. The smallest absolute Gasteiger partial charge is 0.0420 e. The normalized spacial score (nSPS) is 15.4. The number of halogens is 2. The van der Waals surface area contributed by atoms with E-state index in [2.05, 4.69) is 32.6 Å². The molecule has 1 aliphatic carbocycles. The first-order valence-electron chi connectivity index (χ1n) is 5.63. The molecule has 0 saturated heterocycles. The summed E-state index contributed by atoms with van der Waals surface area (Å²) in [6, 6.07) is 6.78. The van der Waals surface area contributed by atoms with E-state index in [0.29, 0.717) is 0 Å². The second kappa shape index (κ2) is 6.01. The number of benzene rings is 1. The molecule has 0 unspecified atom stereocenters. The Kier molecular flexibility index (Phi) is 4.65. The lowest BCUT2D eigenvalue weighted by Crippen LogP contribution is -2.28. The summed E-state index contributed by atoms with van der Waals surface area (Å²) in [5, 5.41) is 7.64. The Morgan fingerprint density at radius 1 is 1.25 bits per heavy atom. The van der Waals surface area contributed by atoms with E-state index < -0.39 is 0 Å². The van der Waals surface area contributed by atoms with Crippen molar-refractivity contribution in [1.82, 2.24) is 10.6 Å². The molecular formula is C12H16BrClN2. The van der Waals surface area contributed by atoms with Crippen LogP contribution in [0.25, 0.3) is 0 Å². The van der Waals surface area contributed by atoms with Gasteiger partial charge in [0.2, 0.25) is 0 Å². The van der Waals surface area contributed by atoms with Gasteiger partial charge in [0.15, 0.2) is 0 Å². The molecule has 0 aliphatic heterocycles. The van der Waals surface area contributed by atoms with Gasteiger partial charge in [-0.3, -0.25) is 0 Å². The van der Waals surface area contributed by atoms with E-state index in [1.54, 1.807) is 0 Å². The predicted octanol–water partition coefficient (Wildman–Crippen LogP) is 2.94. The first-order valence-corrected chi connectivity index (χ1v) is 6.80. The van der Waals surface area contributed by atoms with Gasteiger partial charge in [-0.15, -0.1) is 0 Å². The molecule has 0 heterocycles. The van der Waals surface area contributed by atoms with Crippen molar-refractivity contribution in [2.45, 2.75) is 25.4 Å². The molecule has 2 nitrogen and oxygen atoms in total. The standard InChI is InChI=1S/C12H16BrClN2/c13-10-5-9(6-11(14)7-10)8-15-3-4-16-12-1-2-12/h5-7,12,15-16H,1-4,8H2. The first-order chi connectivity index (χ1) is 7.74. The second-order valence-corrected chi connectivity index (χ2v) is 5.53. The minimum atomic E-state index is 0.780. The first kappa shape index (κ1) is 12.4. The third-order valence-corrected chi connectivity index (χ3v) is 3.24. The summed E-state index contributed by atoms with van der Waals surface area (Å²) >= 11 is 9.41. The fourth-order valence-corrected chi connectivity index (χ4v) is 2.53. The van der Waals surface area contributed by atoms with Crippen molar-refractivity contribution in [3.63, 3.8) is 0 Å². The third-order valence-electron chi connectivity index (χ3n) is 2.56. The Hall–Kier alpha value is -0.0900. The van der Waals surface area contributed by atoms with Gasteiger partial charge in [0, 0.05) is 35.2 Å². The van der Waals surface area contributed by atoms with Crippen LogP contribution >= 0.6 is 27.5 Å². The Bertz CT molecular complexity index is 333.